The summed E-state index contributed by atoms with van der Waals surface area (Å²) >= 11 is 10.9. The number of hydrogen-bond donors (Lipinski definition) is 1. The van der Waals surface area contributed by atoms with Crippen LogP contribution in [0.2, 0.25) is 5.02 Å². The van der Waals surface area contributed by atoms with Gasteiger partial charge >= 0.3 is 0 Å². The zero-order chi connectivity index (χ0) is 13.3. The lowest BCUT2D eigenvalue weighted by Crippen LogP contribution is -2.39. The third-order valence-electron chi connectivity index (χ3n) is 2.84. The molecule has 2 rings (SSSR count). The average Bonchev–Trinajstić information content (AvgIpc) is 2.27. The average molecular weight is 305 g/mol. The number of nitrogens with two attached hydrogens (primary N) is 1. The lowest BCUT2D eigenvalue weighted by molar-refractivity contribution is 0.574. The topological polar surface area (TPSA) is 63.4 Å². The molecule has 0 aromatic heterocycles. The van der Waals surface area contributed by atoms with Crippen LogP contribution in [0.4, 0.5) is 5.69 Å². The van der Waals surface area contributed by atoms with Gasteiger partial charge in [-0.1, -0.05) is 23.8 Å². The number of rotatable bonds is 2. The number of anilines is 1. The summed E-state index contributed by atoms with van der Waals surface area (Å²) in [5, 5.41) is 0.464. The zero-order valence-corrected chi connectivity index (χ0v) is 12.0. The molecule has 4 nitrogen and oxygen atoms in total. The molecule has 0 amide bonds. The Morgan fingerprint density at radius 1 is 1.39 bits per heavy atom. The van der Waals surface area contributed by atoms with E-state index in [-0.39, 0.29) is 10.7 Å². The van der Waals surface area contributed by atoms with Crippen LogP contribution in [0.5, 0.6) is 0 Å². The Bertz CT molecular complexity index is 587. The Balaban J connectivity index is 2.55. The van der Waals surface area contributed by atoms with Gasteiger partial charge in [0.15, 0.2) is 0 Å². The Kier molecular flexibility index (Phi) is 3.79. The lowest BCUT2D eigenvalue weighted by atomic mass is 10.1. The minimum atomic E-state index is -3.29. The molecule has 18 heavy (non-hydrogen) atoms. The highest BCUT2D eigenvalue weighted by Crippen LogP contribution is 2.29. The molecule has 1 heterocycles. The molecule has 98 valence electrons. The van der Waals surface area contributed by atoms with E-state index in [1.165, 1.54) is 4.31 Å². The molecule has 1 aromatic carbocycles. The van der Waals surface area contributed by atoms with E-state index >= 15 is 0 Å². The predicted octanol–water partition coefficient (Wildman–Crippen LogP) is 1.90. The monoisotopic (exact) mass is 304 g/mol. The SMILES string of the molecule is NC(=S)c1ccc(Cl)cc1N1CCCCS1(=O)=O. The van der Waals surface area contributed by atoms with Gasteiger partial charge in [-0.3, -0.25) is 4.31 Å². The number of nitrogens with zero attached hydrogens (tertiary/aromatic N) is 1. The smallest absolute Gasteiger partial charge is 0.235 e. The van der Waals surface area contributed by atoms with Crippen LogP contribution in [-0.2, 0) is 10.0 Å². The molecule has 0 spiro atoms. The molecule has 1 aromatic rings. The van der Waals surface area contributed by atoms with Crippen LogP contribution in [0.15, 0.2) is 18.2 Å². The van der Waals surface area contributed by atoms with Crippen molar-refractivity contribution in [3.05, 3.63) is 28.8 Å². The van der Waals surface area contributed by atoms with Crippen LogP contribution in [-0.4, -0.2) is 25.7 Å². The highest BCUT2D eigenvalue weighted by molar-refractivity contribution is 7.92. The molecule has 0 aliphatic carbocycles. The highest BCUT2D eigenvalue weighted by atomic mass is 35.5. The first-order valence-electron chi connectivity index (χ1n) is 5.51. The standard InChI is InChI=1S/C11H13ClN2O2S2/c12-8-3-4-9(11(13)17)10(7-8)14-5-1-2-6-18(14,15)16/h3-4,7H,1-2,5-6H2,(H2,13,17). The van der Waals surface area contributed by atoms with Crippen LogP contribution in [0.25, 0.3) is 0 Å². The van der Waals surface area contributed by atoms with Crippen molar-refractivity contribution in [3.63, 3.8) is 0 Å². The maximum Gasteiger partial charge on any atom is 0.235 e. The van der Waals surface area contributed by atoms with Gasteiger partial charge in [0.05, 0.1) is 11.4 Å². The highest BCUT2D eigenvalue weighted by Gasteiger charge is 2.28. The van der Waals surface area contributed by atoms with Crippen molar-refractivity contribution < 1.29 is 8.42 Å². The van der Waals surface area contributed by atoms with Gasteiger partial charge in [-0.25, -0.2) is 8.42 Å². The molecule has 0 bridgehead atoms. The summed E-state index contributed by atoms with van der Waals surface area (Å²) in [5.74, 6) is 0.149. The minimum Gasteiger partial charge on any atom is -0.389 e. The van der Waals surface area contributed by atoms with E-state index in [4.69, 9.17) is 29.6 Å². The Labute approximate surface area is 117 Å². The van der Waals surface area contributed by atoms with E-state index in [0.717, 1.165) is 6.42 Å². The fourth-order valence-corrected chi connectivity index (χ4v) is 3.97. The van der Waals surface area contributed by atoms with Crippen LogP contribution >= 0.6 is 23.8 Å². The molecule has 0 radical (unpaired) electrons. The van der Waals surface area contributed by atoms with E-state index in [0.29, 0.717) is 29.2 Å². The zero-order valence-electron chi connectivity index (χ0n) is 9.60. The first-order valence-corrected chi connectivity index (χ1v) is 7.91. The van der Waals surface area contributed by atoms with E-state index in [9.17, 15) is 8.42 Å². The van der Waals surface area contributed by atoms with Crippen LogP contribution < -0.4 is 10.0 Å². The molecule has 1 aliphatic heterocycles. The second-order valence-electron chi connectivity index (χ2n) is 4.12. The summed E-state index contributed by atoms with van der Waals surface area (Å²) in [6.45, 7) is 0.443. The number of sulfonamides is 1. The number of benzene rings is 1. The van der Waals surface area contributed by atoms with Crippen molar-refractivity contribution in [2.45, 2.75) is 12.8 Å². The van der Waals surface area contributed by atoms with Crippen LogP contribution in [0.3, 0.4) is 0 Å². The van der Waals surface area contributed by atoms with Crippen molar-refractivity contribution in [2.75, 3.05) is 16.6 Å². The largest absolute Gasteiger partial charge is 0.389 e. The van der Waals surface area contributed by atoms with Gasteiger partial charge in [-0.15, -0.1) is 0 Å². The summed E-state index contributed by atoms with van der Waals surface area (Å²) in [5.41, 5.74) is 6.65. The predicted molar refractivity (Wildman–Crippen MR) is 77.7 cm³/mol. The Morgan fingerprint density at radius 3 is 2.72 bits per heavy atom. The van der Waals surface area contributed by atoms with Crippen LogP contribution in [0, 0.1) is 0 Å². The molecule has 0 saturated carbocycles. The Morgan fingerprint density at radius 2 is 2.11 bits per heavy atom. The molecule has 0 unspecified atom stereocenters. The van der Waals surface area contributed by atoms with Crippen molar-refractivity contribution >= 4 is 44.5 Å². The number of thiocarbonyl (C=S) groups is 1. The second kappa shape index (κ2) is 5.03. The molecule has 2 N–H and O–H groups in total. The molecular formula is C11H13ClN2O2S2. The van der Waals surface area contributed by atoms with Gasteiger partial charge in [0, 0.05) is 17.1 Å². The van der Waals surface area contributed by atoms with Gasteiger partial charge in [0.2, 0.25) is 10.0 Å². The maximum absolute atomic E-state index is 12.1. The van der Waals surface area contributed by atoms with Crippen LogP contribution in [0.1, 0.15) is 18.4 Å². The third-order valence-corrected chi connectivity index (χ3v) is 5.15. The molecular weight excluding hydrogens is 292 g/mol. The van der Waals surface area contributed by atoms with Crippen molar-refractivity contribution in [2.24, 2.45) is 5.73 Å². The number of halogens is 1. The van der Waals surface area contributed by atoms with Crippen molar-refractivity contribution in [3.8, 4) is 0 Å². The fourth-order valence-electron chi connectivity index (χ4n) is 1.98. The van der Waals surface area contributed by atoms with Gasteiger partial charge in [0.25, 0.3) is 0 Å². The van der Waals surface area contributed by atoms with Crippen molar-refractivity contribution in [1.29, 1.82) is 0 Å². The van der Waals surface area contributed by atoms with Gasteiger partial charge in [-0.05, 0) is 31.0 Å². The molecule has 7 heteroatoms. The molecule has 1 fully saturated rings. The van der Waals surface area contributed by atoms with E-state index in [1.54, 1.807) is 18.2 Å². The second-order valence-corrected chi connectivity index (χ2v) is 7.01. The first-order chi connectivity index (χ1) is 8.42. The normalized spacial score (nSPS) is 18.6. The van der Waals surface area contributed by atoms with Crippen molar-refractivity contribution in [1.82, 2.24) is 0 Å². The summed E-state index contributed by atoms with van der Waals surface area (Å²) in [4.78, 5) is 0.169. The van der Waals surface area contributed by atoms with E-state index in [1.807, 2.05) is 0 Å². The van der Waals surface area contributed by atoms with Gasteiger partial charge in [0.1, 0.15) is 4.99 Å². The summed E-state index contributed by atoms with van der Waals surface area (Å²) in [6, 6.07) is 4.90. The van der Waals surface area contributed by atoms with Gasteiger partial charge < -0.3 is 5.73 Å². The molecule has 0 atom stereocenters. The van der Waals surface area contributed by atoms with E-state index in [2.05, 4.69) is 0 Å². The van der Waals surface area contributed by atoms with Gasteiger partial charge in [-0.2, -0.15) is 0 Å². The minimum absolute atomic E-state index is 0.149. The summed E-state index contributed by atoms with van der Waals surface area (Å²) in [6.07, 6.45) is 1.50. The van der Waals surface area contributed by atoms with E-state index < -0.39 is 10.0 Å². The molecule has 1 aliphatic rings. The number of hydrogen-bond acceptors (Lipinski definition) is 3. The fraction of sp³-hybridized carbons (Fsp3) is 0.364. The Hall–Kier alpha value is -0.850. The third kappa shape index (κ3) is 2.60. The maximum atomic E-state index is 12.1. The summed E-state index contributed by atoms with van der Waals surface area (Å²) < 4.78 is 25.5. The molecule has 1 saturated heterocycles. The lowest BCUT2D eigenvalue weighted by Gasteiger charge is -2.29. The quantitative estimate of drug-likeness (QED) is 0.848. The summed E-state index contributed by atoms with van der Waals surface area (Å²) in [7, 11) is -3.29. The first kappa shape index (κ1) is 13.6.